The highest BCUT2D eigenvalue weighted by Crippen LogP contribution is 2.16. The predicted octanol–water partition coefficient (Wildman–Crippen LogP) is 1.25. The highest BCUT2D eigenvalue weighted by Gasteiger charge is 2.23. The number of rotatable bonds is 4. The first-order chi connectivity index (χ1) is 8.99. The molecule has 1 aliphatic rings. The molecule has 1 aromatic carbocycles. The van der Waals surface area contributed by atoms with E-state index in [-0.39, 0.29) is 6.54 Å². The Morgan fingerprint density at radius 2 is 2.05 bits per heavy atom. The van der Waals surface area contributed by atoms with Crippen LogP contribution in [0.2, 0.25) is 0 Å². The quantitative estimate of drug-likeness (QED) is 0.887. The number of nitrogens with zero attached hydrogens (tertiary/aromatic N) is 1. The SMILES string of the molecule is O=S(=O)(NCc1ccc(Br)c(F)c1)N1CCOCC1. The van der Waals surface area contributed by atoms with Crippen molar-refractivity contribution < 1.29 is 17.5 Å². The number of benzene rings is 1. The molecule has 106 valence electrons. The molecule has 0 unspecified atom stereocenters. The van der Waals surface area contributed by atoms with Crippen LogP contribution in [-0.4, -0.2) is 39.0 Å². The van der Waals surface area contributed by atoms with Gasteiger partial charge in [-0.05, 0) is 33.6 Å². The summed E-state index contributed by atoms with van der Waals surface area (Å²) in [5.74, 6) is -0.414. The van der Waals surface area contributed by atoms with Crippen LogP contribution in [0.25, 0.3) is 0 Å². The van der Waals surface area contributed by atoms with Crippen molar-refractivity contribution in [2.75, 3.05) is 26.3 Å². The van der Waals surface area contributed by atoms with Crippen molar-refractivity contribution in [1.29, 1.82) is 0 Å². The van der Waals surface area contributed by atoms with Crippen LogP contribution in [0.5, 0.6) is 0 Å². The summed E-state index contributed by atoms with van der Waals surface area (Å²) in [5.41, 5.74) is 0.567. The lowest BCUT2D eigenvalue weighted by Crippen LogP contribution is -2.46. The van der Waals surface area contributed by atoms with Gasteiger partial charge in [0.15, 0.2) is 0 Å². The van der Waals surface area contributed by atoms with Crippen LogP contribution in [0, 0.1) is 5.82 Å². The molecule has 0 saturated carbocycles. The maximum absolute atomic E-state index is 13.3. The Morgan fingerprint density at radius 1 is 1.37 bits per heavy atom. The van der Waals surface area contributed by atoms with Gasteiger partial charge in [-0.15, -0.1) is 0 Å². The van der Waals surface area contributed by atoms with Crippen molar-refractivity contribution in [1.82, 2.24) is 9.03 Å². The number of nitrogens with one attached hydrogen (secondary N) is 1. The zero-order chi connectivity index (χ0) is 13.9. The van der Waals surface area contributed by atoms with Gasteiger partial charge in [-0.25, -0.2) is 4.39 Å². The Hall–Kier alpha value is -0.540. The summed E-state index contributed by atoms with van der Waals surface area (Å²) in [7, 11) is -3.54. The van der Waals surface area contributed by atoms with Crippen LogP contribution < -0.4 is 4.72 Å². The molecule has 0 radical (unpaired) electrons. The van der Waals surface area contributed by atoms with Gasteiger partial charge in [-0.3, -0.25) is 0 Å². The third-order valence-electron chi connectivity index (χ3n) is 2.75. The van der Waals surface area contributed by atoms with E-state index in [0.29, 0.717) is 36.3 Å². The van der Waals surface area contributed by atoms with Gasteiger partial charge >= 0.3 is 0 Å². The van der Waals surface area contributed by atoms with Gasteiger partial charge in [-0.2, -0.15) is 17.4 Å². The molecule has 2 rings (SSSR count). The Kier molecular flexibility index (Phi) is 4.91. The Morgan fingerprint density at radius 3 is 2.68 bits per heavy atom. The van der Waals surface area contributed by atoms with E-state index in [0.717, 1.165) is 0 Å². The lowest BCUT2D eigenvalue weighted by atomic mass is 10.2. The van der Waals surface area contributed by atoms with Crippen LogP contribution in [0.4, 0.5) is 4.39 Å². The fourth-order valence-corrected chi connectivity index (χ4v) is 3.11. The van der Waals surface area contributed by atoms with Gasteiger partial charge in [0.25, 0.3) is 10.2 Å². The number of halogens is 2. The monoisotopic (exact) mass is 352 g/mol. The molecule has 19 heavy (non-hydrogen) atoms. The summed E-state index contributed by atoms with van der Waals surface area (Å²) in [6, 6.07) is 4.51. The van der Waals surface area contributed by atoms with E-state index in [2.05, 4.69) is 20.7 Å². The van der Waals surface area contributed by atoms with E-state index in [4.69, 9.17) is 4.74 Å². The molecule has 8 heteroatoms. The van der Waals surface area contributed by atoms with Crippen molar-refractivity contribution in [2.45, 2.75) is 6.54 Å². The first kappa shape index (κ1) is 14.9. The summed E-state index contributed by atoms with van der Waals surface area (Å²) < 4.78 is 46.5. The molecule has 5 nitrogen and oxygen atoms in total. The van der Waals surface area contributed by atoms with Crippen LogP contribution in [0.15, 0.2) is 22.7 Å². The first-order valence-electron chi connectivity index (χ1n) is 5.75. The minimum atomic E-state index is -3.54. The molecule has 1 aromatic rings. The summed E-state index contributed by atoms with van der Waals surface area (Å²) in [6.45, 7) is 1.53. The Labute approximate surface area is 120 Å². The summed E-state index contributed by atoms with van der Waals surface area (Å²) in [4.78, 5) is 0. The highest BCUT2D eigenvalue weighted by molar-refractivity contribution is 9.10. The minimum absolute atomic E-state index is 0.0594. The van der Waals surface area contributed by atoms with Gasteiger partial charge in [-0.1, -0.05) is 6.07 Å². The average Bonchev–Trinajstić information content (AvgIpc) is 2.41. The summed E-state index contributed by atoms with van der Waals surface area (Å²) >= 11 is 3.05. The lowest BCUT2D eigenvalue weighted by molar-refractivity contribution is 0.0725. The van der Waals surface area contributed by atoms with Gasteiger partial charge in [0.1, 0.15) is 5.82 Å². The van der Waals surface area contributed by atoms with Crippen LogP contribution >= 0.6 is 15.9 Å². The largest absolute Gasteiger partial charge is 0.379 e. The van der Waals surface area contributed by atoms with Gasteiger partial charge < -0.3 is 4.74 Å². The molecular weight excluding hydrogens is 339 g/mol. The van der Waals surface area contributed by atoms with Crippen LogP contribution in [0.3, 0.4) is 0 Å². The molecule has 0 aromatic heterocycles. The fourth-order valence-electron chi connectivity index (χ4n) is 1.70. The normalized spacial score (nSPS) is 17.6. The molecule has 0 aliphatic carbocycles. The van der Waals surface area contributed by atoms with Gasteiger partial charge in [0, 0.05) is 19.6 Å². The Balaban J connectivity index is 1.98. The summed E-state index contributed by atoms with van der Waals surface area (Å²) in [6.07, 6.45) is 0. The molecule has 1 fully saturated rings. The van der Waals surface area contributed by atoms with Crippen molar-refractivity contribution in [2.24, 2.45) is 0 Å². The lowest BCUT2D eigenvalue weighted by Gasteiger charge is -2.26. The second-order valence-corrected chi connectivity index (χ2v) is 6.70. The van der Waals surface area contributed by atoms with E-state index in [9.17, 15) is 12.8 Å². The van der Waals surface area contributed by atoms with Gasteiger partial charge in [0.2, 0.25) is 0 Å². The van der Waals surface area contributed by atoms with E-state index in [1.807, 2.05) is 0 Å². The average molecular weight is 353 g/mol. The summed E-state index contributed by atoms with van der Waals surface area (Å²) in [5, 5.41) is 0. The first-order valence-corrected chi connectivity index (χ1v) is 7.99. The molecule has 0 amide bonds. The van der Waals surface area contributed by atoms with Crippen molar-refractivity contribution in [3.63, 3.8) is 0 Å². The molecule has 0 spiro atoms. The third kappa shape index (κ3) is 3.96. The molecule has 0 bridgehead atoms. The maximum atomic E-state index is 13.3. The number of ether oxygens (including phenoxy) is 1. The fraction of sp³-hybridized carbons (Fsp3) is 0.455. The van der Waals surface area contributed by atoms with Gasteiger partial charge in [0.05, 0.1) is 17.7 Å². The predicted molar refractivity (Wildman–Crippen MR) is 72.3 cm³/mol. The van der Waals surface area contributed by atoms with Crippen LogP contribution in [-0.2, 0) is 21.5 Å². The highest BCUT2D eigenvalue weighted by atomic mass is 79.9. The van der Waals surface area contributed by atoms with E-state index < -0.39 is 16.0 Å². The van der Waals surface area contributed by atoms with Crippen molar-refractivity contribution in [3.8, 4) is 0 Å². The van der Waals surface area contributed by atoms with E-state index in [1.165, 1.54) is 10.4 Å². The molecule has 1 saturated heterocycles. The maximum Gasteiger partial charge on any atom is 0.279 e. The second-order valence-electron chi connectivity index (χ2n) is 4.09. The second kappa shape index (κ2) is 6.27. The molecule has 1 N–H and O–H groups in total. The number of hydrogen-bond donors (Lipinski definition) is 1. The number of hydrogen-bond acceptors (Lipinski definition) is 3. The molecule has 0 atom stereocenters. The standard InChI is InChI=1S/C11H14BrFN2O3S/c12-10-2-1-9(7-11(10)13)8-14-19(16,17)15-3-5-18-6-4-15/h1-2,7,14H,3-6,8H2. The number of morpholine rings is 1. The van der Waals surface area contributed by atoms with Crippen molar-refractivity contribution in [3.05, 3.63) is 34.1 Å². The van der Waals surface area contributed by atoms with Crippen molar-refractivity contribution >= 4 is 26.1 Å². The Bertz CT molecular complexity index is 547. The molecular formula is C11H14BrFN2O3S. The third-order valence-corrected chi connectivity index (χ3v) is 4.95. The van der Waals surface area contributed by atoms with Crippen LogP contribution in [0.1, 0.15) is 5.56 Å². The smallest absolute Gasteiger partial charge is 0.279 e. The zero-order valence-electron chi connectivity index (χ0n) is 10.1. The minimum Gasteiger partial charge on any atom is -0.379 e. The van der Waals surface area contributed by atoms with E-state index >= 15 is 0 Å². The zero-order valence-corrected chi connectivity index (χ0v) is 12.5. The topological polar surface area (TPSA) is 58.6 Å². The molecule has 1 heterocycles. The van der Waals surface area contributed by atoms with E-state index in [1.54, 1.807) is 12.1 Å². The molecule has 1 aliphatic heterocycles.